The Balaban J connectivity index is 1.92. The Bertz CT molecular complexity index is 1010. The second kappa shape index (κ2) is 9.84. The molecule has 3 aromatic carbocycles. The number of aliphatic hydroxyl groups excluding tert-OH is 1. The van der Waals surface area contributed by atoms with E-state index in [0.29, 0.717) is 36.9 Å². The van der Waals surface area contributed by atoms with Crippen LogP contribution in [0.5, 0.6) is 0 Å². The average molecular weight is 469 g/mol. The molecular formula is C22H17Cl4NO2. The van der Waals surface area contributed by atoms with E-state index in [0.717, 1.165) is 0 Å². The zero-order chi connectivity index (χ0) is 21.0. The van der Waals surface area contributed by atoms with Crippen molar-refractivity contribution in [2.75, 3.05) is 11.4 Å². The summed E-state index contributed by atoms with van der Waals surface area (Å²) in [6, 6.07) is 18.9. The zero-order valence-electron chi connectivity index (χ0n) is 15.2. The molecule has 0 fully saturated rings. The Morgan fingerprint density at radius 2 is 1.48 bits per heavy atom. The number of nitrogens with zero attached hydrogens (tertiary/aromatic N) is 1. The van der Waals surface area contributed by atoms with E-state index in [2.05, 4.69) is 0 Å². The number of carbonyl (C=O) groups is 1. The fraction of sp³-hybridized carbons (Fsp3) is 0.136. The second-order valence-electron chi connectivity index (χ2n) is 6.44. The van der Waals surface area contributed by atoms with Gasteiger partial charge < -0.3 is 10.0 Å². The van der Waals surface area contributed by atoms with Crippen molar-refractivity contribution < 1.29 is 9.90 Å². The Kier molecular flexibility index (Phi) is 7.44. The van der Waals surface area contributed by atoms with Crippen LogP contribution in [-0.4, -0.2) is 17.6 Å². The largest absolute Gasteiger partial charge is 0.387 e. The SMILES string of the molecule is O=C(Cc1ccc(Cl)cc1Cl)N(CC(O)c1ccccc1)c1ccc(Cl)cc1Cl. The number of carbonyl (C=O) groups excluding carboxylic acids is 1. The van der Waals surface area contributed by atoms with Gasteiger partial charge in [-0.3, -0.25) is 4.79 Å². The first-order valence-corrected chi connectivity index (χ1v) is 10.3. The van der Waals surface area contributed by atoms with E-state index in [4.69, 9.17) is 46.4 Å². The van der Waals surface area contributed by atoms with Gasteiger partial charge in [0.1, 0.15) is 0 Å². The van der Waals surface area contributed by atoms with Crippen LogP contribution in [0.3, 0.4) is 0 Å². The number of amides is 1. The van der Waals surface area contributed by atoms with E-state index in [9.17, 15) is 9.90 Å². The predicted molar refractivity (Wildman–Crippen MR) is 120 cm³/mol. The van der Waals surface area contributed by atoms with Crippen molar-refractivity contribution in [1.82, 2.24) is 0 Å². The van der Waals surface area contributed by atoms with Crippen molar-refractivity contribution in [3.63, 3.8) is 0 Å². The number of anilines is 1. The normalized spacial score (nSPS) is 11.9. The lowest BCUT2D eigenvalue weighted by molar-refractivity contribution is -0.118. The summed E-state index contributed by atoms with van der Waals surface area (Å²) in [6.45, 7) is 0.0232. The molecule has 0 aliphatic carbocycles. The molecule has 1 unspecified atom stereocenters. The molecule has 0 aliphatic heterocycles. The second-order valence-corrected chi connectivity index (χ2v) is 8.13. The molecule has 0 spiro atoms. The monoisotopic (exact) mass is 467 g/mol. The summed E-state index contributed by atoms with van der Waals surface area (Å²) < 4.78 is 0. The third-order valence-electron chi connectivity index (χ3n) is 4.40. The van der Waals surface area contributed by atoms with Crippen LogP contribution in [0.1, 0.15) is 17.2 Å². The Morgan fingerprint density at radius 3 is 2.10 bits per heavy atom. The average Bonchev–Trinajstić information content (AvgIpc) is 2.69. The molecule has 3 aromatic rings. The summed E-state index contributed by atoms with van der Waals surface area (Å²) in [7, 11) is 0. The Labute approximate surface area is 189 Å². The van der Waals surface area contributed by atoms with Crippen LogP contribution in [0.25, 0.3) is 0 Å². The first-order chi connectivity index (χ1) is 13.8. The third kappa shape index (κ3) is 5.65. The molecular weight excluding hydrogens is 452 g/mol. The highest BCUT2D eigenvalue weighted by Gasteiger charge is 2.23. The molecule has 0 heterocycles. The molecule has 3 nitrogen and oxygen atoms in total. The maximum Gasteiger partial charge on any atom is 0.231 e. The van der Waals surface area contributed by atoms with Crippen LogP contribution >= 0.6 is 46.4 Å². The smallest absolute Gasteiger partial charge is 0.231 e. The van der Waals surface area contributed by atoms with Gasteiger partial charge in [0, 0.05) is 15.1 Å². The number of hydrogen-bond acceptors (Lipinski definition) is 2. The lowest BCUT2D eigenvalue weighted by Gasteiger charge is -2.27. The topological polar surface area (TPSA) is 40.5 Å². The minimum atomic E-state index is -0.896. The number of aliphatic hydroxyl groups is 1. The van der Waals surface area contributed by atoms with Gasteiger partial charge in [0.05, 0.1) is 29.8 Å². The van der Waals surface area contributed by atoms with Gasteiger partial charge >= 0.3 is 0 Å². The number of benzene rings is 3. The highest BCUT2D eigenvalue weighted by Crippen LogP contribution is 2.31. The van der Waals surface area contributed by atoms with E-state index in [1.165, 1.54) is 4.90 Å². The molecule has 3 rings (SSSR count). The molecule has 0 saturated heterocycles. The van der Waals surface area contributed by atoms with Crippen molar-refractivity contribution in [2.45, 2.75) is 12.5 Å². The van der Waals surface area contributed by atoms with Gasteiger partial charge in [-0.15, -0.1) is 0 Å². The fourth-order valence-electron chi connectivity index (χ4n) is 2.91. The van der Waals surface area contributed by atoms with E-state index in [-0.39, 0.29) is 18.9 Å². The quantitative estimate of drug-likeness (QED) is 0.442. The van der Waals surface area contributed by atoms with Gasteiger partial charge in [-0.1, -0.05) is 82.8 Å². The maximum absolute atomic E-state index is 13.2. The summed E-state index contributed by atoms with van der Waals surface area (Å²) in [5.74, 6) is -0.270. The van der Waals surface area contributed by atoms with Gasteiger partial charge in [0.25, 0.3) is 0 Å². The van der Waals surface area contributed by atoms with E-state index >= 15 is 0 Å². The van der Waals surface area contributed by atoms with Crippen LogP contribution in [0.15, 0.2) is 66.7 Å². The molecule has 0 radical (unpaired) electrons. The summed E-state index contributed by atoms with van der Waals surface area (Å²) >= 11 is 24.5. The fourth-order valence-corrected chi connectivity index (χ4v) is 3.90. The zero-order valence-corrected chi connectivity index (χ0v) is 18.2. The van der Waals surface area contributed by atoms with Crippen LogP contribution in [0.2, 0.25) is 20.1 Å². The van der Waals surface area contributed by atoms with Gasteiger partial charge in [0.2, 0.25) is 5.91 Å². The maximum atomic E-state index is 13.2. The highest BCUT2D eigenvalue weighted by molar-refractivity contribution is 6.37. The van der Waals surface area contributed by atoms with Gasteiger partial charge in [0.15, 0.2) is 0 Å². The van der Waals surface area contributed by atoms with Gasteiger partial charge in [-0.25, -0.2) is 0 Å². The van der Waals surface area contributed by atoms with Crippen molar-refractivity contribution in [2.24, 2.45) is 0 Å². The third-order valence-corrected chi connectivity index (χ3v) is 5.52. The van der Waals surface area contributed by atoms with Gasteiger partial charge in [-0.05, 0) is 41.5 Å². The summed E-state index contributed by atoms with van der Waals surface area (Å²) in [5.41, 5.74) is 1.78. The number of hydrogen-bond donors (Lipinski definition) is 1. The van der Waals surface area contributed by atoms with Crippen LogP contribution < -0.4 is 4.90 Å². The molecule has 1 N–H and O–H groups in total. The number of halogens is 4. The van der Waals surface area contributed by atoms with Crippen molar-refractivity contribution >= 4 is 58.0 Å². The van der Waals surface area contributed by atoms with Crippen molar-refractivity contribution in [1.29, 1.82) is 0 Å². The summed E-state index contributed by atoms with van der Waals surface area (Å²) in [5, 5.41) is 12.4. The molecule has 1 amide bonds. The Hall–Kier alpha value is -1.75. The van der Waals surface area contributed by atoms with E-state index in [1.54, 1.807) is 48.5 Å². The van der Waals surface area contributed by atoms with Crippen LogP contribution in [0.4, 0.5) is 5.69 Å². The molecule has 7 heteroatoms. The first-order valence-electron chi connectivity index (χ1n) is 8.77. The van der Waals surface area contributed by atoms with E-state index in [1.807, 2.05) is 18.2 Å². The Morgan fingerprint density at radius 1 is 0.862 bits per heavy atom. The minimum absolute atomic E-state index is 0.0232. The lowest BCUT2D eigenvalue weighted by Crippen LogP contribution is -2.36. The van der Waals surface area contributed by atoms with E-state index < -0.39 is 6.10 Å². The molecule has 0 aromatic heterocycles. The van der Waals surface area contributed by atoms with Crippen molar-refractivity contribution in [3.8, 4) is 0 Å². The van der Waals surface area contributed by atoms with Crippen LogP contribution in [-0.2, 0) is 11.2 Å². The molecule has 0 bridgehead atoms. The standard InChI is InChI=1S/C22H17Cl4NO2/c23-16-7-6-15(18(25)11-16)10-22(29)27(20-9-8-17(24)12-19(20)26)13-21(28)14-4-2-1-3-5-14/h1-9,11-12,21,28H,10,13H2. The van der Waals surface area contributed by atoms with Crippen molar-refractivity contribution in [3.05, 3.63) is 97.9 Å². The summed E-state index contributed by atoms with van der Waals surface area (Å²) in [4.78, 5) is 14.6. The molecule has 0 saturated carbocycles. The molecule has 1 atom stereocenters. The highest BCUT2D eigenvalue weighted by atomic mass is 35.5. The molecule has 29 heavy (non-hydrogen) atoms. The molecule has 150 valence electrons. The summed E-state index contributed by atoms with van der Waals surface area (Å²) in [6.07, 6.45) is -0.871. The minimum Gasteiger partial charge on any atom is -0.387 e. The molecule has 0 aliphatic rings. The lowest BCUT2D eigenvalue weighted by atomic mass is 10.1. The van der Waals surface area contributed by atoms with Gasteiger partial charge in [-0.2, -0.15) is 0 Å². The first kappa shape index (κ1) is 21.9. The number of rotatable bonds is 6. The van der Waals surface area contributed by atoms with Crippen LogP contribution in [0, 0.1) is 0 Å². The predicted octanol–water partition coefficient (Wildman–Crippen LogP) is 6.61.